The average molecular weight is 242 g/mol. The minimum absolute atomic E-state index is 0.263. The third-order valence-corrected chi connectivity index (χ3v) is 3.82. The Hall–Kier alpha value is -0.610. The van der Waals surface area contributed by atoms with E-state index in [1.165, 1.54) is 19.5 Å². The van der Waals surface area contributed by atoms with E-state index in [-0.39, 0.29) is 6.42 Å². The van der Waals surface area contributed by atoms with Crippen molar-refractivity contribution >= 4 is 5.97 Å². The van der Waals surface area contributed by atoms with Crippen LogP contribution < -0.4 is 5.32 Å². The molecule has 4 nitrogen and oxygen atoms in total. The summed E-state index contributed by atoms with van der Waals surface area (Å²) >= 11 is 0. The number of aliphatic carboxylic acids is 1. The molecule has 1 atom stereocenters. The summed E-state index contributed by atoms with van der Waals surface area (Å²) in [5, 5.41) is 11.9. The second kappa shape index (κ2) is 6.36. The van der Waals surface area contributed by atoms with Gasteiger partial charge in [0.05, 0.1) is 0 Å². The van der Waals surface area contributed by atoms with Crippen molar-refractivity contribution in [3.63, 3.8) is 0 Å². The molecular weight excluding hydrogens is 216 g/mol. The number of nitrogens with zero attached hydrogens (tertiary/aromatic N) is 1. The van der Waals surface area contributed by atoms with Gasteiger partial charge in [0.1, 0.15) is 0 Å². The Bertz CT molecular complexity index is 254. The molecule has 0 aromatic carbocycles. The van der Waals surface area contributed by atoms with Gasteiger partial charge in [0, 0.05) is 19.5 Å². The quantitative estimate of drug-likeness (QED) is 0.663. The maximum absolute atomic E-state index is 10.4. The molecule has 1 fully saturated rings. The highest BCUT2D eigenvalue weighted by Crippen LogP contribution is 2.33. The summed E-state index contributed by atoms with van der Waals surface area (Å²) in [6, 6.07) is 0. The Labute approximate surface area is 104 Å². The number of hydrogen-bond donors (Lipinski definition) is 2. The largest absolute Gasteiger partial charge is 0.481 e. The standard InChI is InChI=1S/C13H26N2O2/c1-13(2,11-6-8-15(3)9-11)10-14-7-4-5-12(16)17/h11,14H,4-10H2,1-3H3,(H,16,17). The minimum atomic E-state index is -0.705. The molecule has 0 saturated carbocycles. The predicted octanol–water partition coefficient (Wildman–Crippen LogP) is 1.42. The van der Waals surface area contributed by atoms with Crippen LogP contribution in [0.4, 0.5) is 0 Å². The molecule has 1 heterocycles. The lowest BCUT2D eigenvalue weighted by atomic mass is 9.78. The number of rotatable bonds is 7. The second-order valence-electron chi connectivity index (χ2n) is 5.91. The molecule has 1 aliphatic rings. The zero-order chi connectivity index (χ0) is 12.9. The van der Waals surface area contributed by atoms with Gasteiger partial charge >= 0.3 is 5.97 Å². The lowest BCUT2D eigenvalue weighted by molar-refractivity contribution is -0.137. The van der Waals surface area contributed by atoms with E-state index in [2.05, 4.69) is 31.1 Å². The Balaban J connectivity index is 2.18. The fourth-order valence-corrected chi connectivity index (χ4v) is 2.49. The molecule has 2 N–H and O–H groups in total. The highest BCUT2D eigenvalue weighted by Gasteiger charge is 2.33. The molecule has 0 radical (unpaired) electrons. The molecule has 1 unspecified atom stereocenters. The molecule has 0 aliphatic carbocycles. The van der Waals surface area contributed by atoms with Gasteiger partial charge in [-0.2, -0.15) is 0 Å². The summed E-state index contributed by atoms with van der Waals surface area (Å²) in [5.41, 5.74) is 0.300. The molecule has 0 aromatic heterocycles. The maximum atomic E-state index is 10.4. The van der Waals surface area contributed by atoms with Gasteiger partial charge in [0.25, 0.3) is 0 Å². The van der Waals surface area contributed by atoms with E-state index in [1.54, 1.807) is 0 Å². The number of nitrogens with one attached hydrogen (secondary N) is 1. The highest BCUT2D eigenvalue weighted by atomic mass is 16.4. The Morgan fingerprint density at radius 3 is 2.76 bits per heavy atom. The van der Waals surface area contributed by atoms with Gasteiger partial charge in [-0.25, -0.2) is 0 Å². The van der Waals surface area contributed by atoms with Crippen molar-refractivity contribution in [2.75, 3.05) is 33.2 Å². The van der Waals surface area contributed by atoms with Crippen LogP contribution in [0.3, 0.4) is 0 Å². The normalized spacial score (nSPS) is 21.9. The number of hydrogen-bond acceptors (Lipinski definition) is 3. The van der Waals surface area contributed by atoms with Crippen LogP contribution >= 0.6 is 0 Å². The number of carboxylic acid groups (broad SMARTS) is 1. The highest BCUT2D eigenvalue weighted by molar-refractivity contribution is 5.66. The molecule has 1 rings (SSSR count). The van der Waals surface area contributed by atoms with Crippen LogP contribution in [0.2, 0.25) is 0 Å². The topological polar surface area (TPSA) is 52.6 Å². The second-order valence-corrected chi connectivity index (χ2v) is 5.91. The van der Waals surface area contributed by atoms with Gasteiger partial charge in [0.15, 0.2) is 0 Å². The van der Waals surface area contributed by atoms with Crippen LogP contribution in [0, 0.1) is 11.3 Å². The molecule has 1 aliphatic heterocycles. The molecule has 0 spiro atoms. The van der Waals surface area contributed by atoms with E-state index >= 15 is 0 Å². The predicted molar refractivity (Wildman–Crippen MR) is 69.1 cm³/mol. The molecule has 0 amide bonds. The van der Waals surface area contributed by atoms with E-state index < -0.39 is 5.97 Å². The molecule has 17 heavy (non-hydrogen) atoms. The first-order chi connectivity index (χ1) is 7.92. The van der Waals surface area contributed by atoms with E-state index in [9.17, 15) is 4.79 Å². The van der Waals surface area contributed by atoms with Crippen molar-refractivity contribution < 1.29 is 9.90 Å². The summed E-state index contributed by atoms with van der Waals surface area (Å²) in [5.74, 6) is 0.0444. The van der Waals surface area contributed by atoms with Gasteiger partial charge in [0.2, 0.25) is 0 Å². The van der Waals surface area contributed by atoms with E-state index in [1.807, 2.05) is 0 Å². The van der Waals surface area contributed by atoms with E-state index in [4.69, 9.17) is 5.11 Å². The zero-order valence-electron chi connectivity index (χ0n) is 11.3. The molecule has 0 aromatic rings. The van der Waals surface area contributed by atoms with Gasteiger partial charge in [-0.15, -0.1) is 0 Å². The monoisotopic (exact) mass is 242 g/mol. The Morgan fingerprint density at radius 2 is 2.24 bits per heavy atom. The molecule has 4 heteroatoms. The smallest absolute Gasteiger partial charge is 0.303 e. The lowest BCUT2D eigenvalue weighted by Crippen LogP contribution is -2.37. The lowest BCUT2D eigenvalue weighted by Gasteiger charge is -2.32. The molecular formula is C13H26N2O2. The van der Waals surface area contributed by atoms with Gasteiger partial charge < -0.3 is 15.3 Å². The first-order valence-corrected chi connectivity index (χ1v) is 6.53. The third-order valence-electron chi connectivity index (χ3n) is 3.82. The number of carbonyl (C=O) groups is 1. The minimum Gasteiger partial charge on any atom is -0.481 e. The summed E-state index contributed by atoms with van der Waals surface area (Å²) in [7, 11) is 2.18. The molecule has 1 saturated heterocycles. The third kappa shape index (κ3) is 5.04. The van der Waals surface area contributed by atoms with Gasteiger partial charge in [-0.3, -0.25) is 4.79 Å². The Morgan fingerprint density at radius 1 is 1.53 bits per heavy atom. The fraction of sp³-hybridized carbons (Fsp3) is 0.923. The van der Waals surface area contributed by atoms with Crippen molar-refractivity contribution in [1.29, 1.82) is 0 Å². The summed E-state index contributed by atoms with van der Waals surface area (Å²) < 4.78 is 0. The zero-order valence-corrected chi connectivity index (χ0v) is 11.3. The van der Waals surface area contributed by atoms with E-state index in [0.717, 1.165) is 25.4 Å². The van der Waals surface area contributed by atoms with Crippen molar-refractivity contribution in [3.8, 4) is 0 Å². The van der Waals surface area contributed by atoms with E-state index in [0.29, 0.717) is 5.41 Å². The van der Waals surface area contributed by atoms with Crippen molar-refractivity contribution in [3.05, 3.63) is 0 Å². The van der Waals surface area contributed by atoms with Crippen molar-refractivity contribution in [2.24, 2.45) is 11.3 Å². The number of carboxylic acids is 1. The first-order valence-electron chi connectivity index (χ1n) is 6.53. The Kier molecular flexibility index (Phi) is 5.40. The molecule has 0 bridgehead atoms. The van der Waals surface area contributed by atoms with Crippen LogP contribution in [0.25, 0.3) is 0 Å². The van der Waals surface area contributed by atoms with Gasteiger partial charge in [-0.1, -0.05) is 13.8 Å². The molecule has 100 valence electrons. The summed E-state index contributed by atoms with van der Waals surface area (Å²) in [4.78, 5) is 12.8. The average Bonchev–Trinajstić information content (AvgIpc) is 2.64. The van der Waals surface area contributed by atoms with Crippen molar-refractivity contribution in [1.82, 2.24) is 10.2 Å². The number of likely N-dealkylation sites (tertiary alicyclic amines) is 1. The van der Waals surface area contributed by atoms with Crippen LogP contribution in [-0.4, -0.2) is 49.2 Å². The summed E-state index contributed by atoms with van der Waals surface area (Å²) in [6.07, 6.45) is 2.26. The van der Waals surface area contributed by atoms with Crippen LogP contribution in [0.1, 0.15) is 33.1 Å². The van der Waals surface area contributed by atoms with Gasteiger partial charge in [-0.05, 0) is 44.3 Å². The first kappa shape index (κ1) is 14.5. The fourth-order valence-electron chi connectivity index (χ4n) is 2.49. The van der Waals surface area contributed by atoms with Crippen molar-refractivity contribution in [2.45, 2.75) is 33.1 Å². The van der Waals surface area contributed by atoms with Crippen LogP contribution in [-0.2, 0) is 4.79 Å². The maximum Gasteiger partial charge on any atom is 0.303 e. The van der Waals surface area contributed by atoms with Crippen LogP contribution in [0.15, 0.2) is 0 Å². The van der Waals surface area contributed by atoms with Crippen LogP contribution in [0.5, 0.6) is 0 Å². The summed E-state index contributed by atoms with van der Waals surface area (Å²) in [6.45, 7) is 8.78. The SMILES string of the molecule is CN1CCC(C(C)(C)CNCCCC(=O)O)C1.